The van der Waals surface area contributed by atoms with Gasteiger partial charge in [-0.1, -0.05) is 35.3 Å². The van der Waals surface area contributed by atoms with E-state index in [0.717, 1.165) is 0 Å². The van der Waals surface area contributed by atoms with Crippen LogP contribution in [0, 0.1) is 5.82 Å². The summed E-state index contributed by atoms with van der Waals surface area (Å²) in [5, 5.41) is 3.43. The number of aromatic nitrogens is 2. The second-order valence-corrected chi connectivity index (χ2v) is 10.4. The molecule has 0 saturated carbocycles. The van der Waals surface area contributed by atoms with Crippen molar-refractivity contribution in [3.05, 3.63) is 82.0 Å². The Labute approximate surface area is 194 Å². The van der Waals surface area contributed by atoms with E-state index in [-0.39, 0.29) is 23.7 Å². The van der Waals surface area contributed by atoms with E-state index in [2.05, 4.69) is 10.3 Å². The van der Waals surface area contributed by atoms with Gasteiger partial charge in [-0.05, 0) is 35.9 Å². The number of nitrogens with one attached hydrogen (secondary N) is 1. The normalized spacial score (nSPS) is 19.2. The van der Waals surface area contributed by atoms with Gasteiger partial charge in [0, 0.05) is 47.9 Å². The molecule has 0 unspecified atom stereocenters. The molecule has 1 amide bonds. The number of nitrogens with zero attached hydrogens (tertiary/aromatic N) is 3. The van der Waals surface area contributed by atoms with Crippen molar-refractivity contribution in [2.45, 2.75) is 17.0 Å². The molecular formula is C21H19Cl2FN4O3S. The molecular weight excluding hydrogens is 478 g/mol. The summed E-state index contributed by atoms with van der Waals surface area (Å²) in [6.07, 6.45) is 2.82. The molecule has 1 N–H and O–H groups in total. The summed E-state index contributed by atoms with van der Waals surface area (Å²) in [4.78, 5) is 16.9. The Morgan fingerprint density at radius 3 is 2.38 bits per heavy atom. The molecule has 0 spiro atoms. The molecule has 1 fully saturated rings. The quantitative estimate of drug-likeness (QED) is 0.586. The Hall–Kier alpha value is -2.46. The van der Waals surface area contributed by atoms with Crippen LogP contribution in [0.2, 0.25) is 10.0 Å². The summed E-state index contributed by atoms with van der Waals surface area (Å²) >= 11 is 12.0. The molecule has 168 valence electrons. The SMILES string of the molecule is Cn1cnc(S(=O)(=O)N2C[C@@H](NC(=O)c3cc(Cl)cc(Cl)c3)[C@H](c3ccc(F)cc3)C2)c1. The molecule has 2 aromatic carbocycles. The molecule has 0 aliphatic carbocycles. The fourth-order valence-corrected chi connectivity index (χ4v) is 5.73. The largest absolute Gasteiger partial charge is 0.347 e. The molecule has 4 rings (SSSR count). The van der Waals surface area contributed by atoms with Crippen LogP contribution in [-0.4, -0.2) is 47.3 Å². The van der Waals surface area contributed by atoms with Crippen molar-refractivity contribution in [1.29, 1.82) is 0 Å². The maximum absolute atomic E-state index is 13.5. The summed E-state index contributed by atoms with van der Waals surface area (Å²) < 4.78 is 42.5. The van der Waals surface area contributed by atoms with E-state index in [1.165, 1.54) is 47.2 Å². The van der Waals surface area contributed by atoms with Gasteiger partial charge in [0.05, 0.1) is 12.4 Å². The number of benzene rings is 2. The van der Waals surface area contributed by atoms with E-state index in [4.69, 9.17) is 23.2 Å². The Morgan fingerprint density at radius 1 is 1.12 bits per heavy atom. The van der Waals surface area contributed by atoms with Crippen LogP contribution in [0.5, 0.6) is 0 Å². The first-order valence-electron chi connectivity index (χ1n) is 9.64. The number of imidazole rings is 1. The van der Waals surface area contributed by atoms with Gasteiger partial charge in [0.1, 0.15) is 5.82 Å². The van der Waals surface area contributed by atoms with Gasteiger partial charge in [0.25, 0.3) is 15.9 Å². The van der Waals surface area contributed by atoms with Gasteiger partial charge in [-0.3, -0.25) is 4.79 Å². The lowest BCUT2D eigenvalue weighted by molar-refractivity contribution is 0.0936. The fourth-order valence-electron chi connectivity index (χ4n) is 3.75. The highest BCUT2D eigenvalue weighted by molar-refractivity contribution is 7.89. The fraction of sp³-hybridized carbons (Fsp3) is 0.238. The van der Waals surface area contributed by atoms with Crippen LogP contribution in [0.3, 0.4) is 0 Å². The number of carbonyl (C=O) groups excluding carboxylic acids is 1. The van der Waals surface area contributed by atoms with Crippen LogP contribution in [0.25, 0.3) is 0 Å². The maximum Gasteiger partial charge on any atom is 0.262 e. The molecule has 7 nitrogen and oxygen atoms in total. The van der Waals surface area contributed by atoms with Crippen LogP contribution >= 0.6 is 23.2 Å². The molecule has 11 heteroatoms. The van der Waals surface area contributed by atoms with Gasteiger partial charge in [0.2, 0.25) is 0 Å². The number of hydrogen-bond donors (Lipinski definition) is 1. The molecule has 32 heavy (non-hydrogen) atoms. The molecule has 1 aliphatic heterocycles. The zero-order chi connectivity index (χ0) is 23.0. The number of rotatable bonds is 5. The molecule has 0 radical (unpaired) electrons. The summed E-state index contributed by atoms with van der Waals surface area (Å²) in [6, 6.07) is 9.70. The third kappa shape index (κ3) is 4.66. The number of hydrogen-bond acceptors (Lipinski definition) is 4. The minimum absolute atomic E-state index is 0.0288. The zero-order valence-electron chi connectivity index (χ0n) is 16.9. The number of carbonyl (C=O) groups is 1. The Bertz CT molecular complexity index is 1240. The lowest BCUT2D eigenvalue weighted by Crippen LogP contribution is -2.40. The maximum atomic E-state index is 13.5. The molecule has 2 atom stereocenters. The lowest BCUT2D eigenvalue weighted by Gasteiger charge is -2.20. The van der Waals surface area contributed by atoms with Crippen LogP contribution in [0.4, 0.5) is 4.39 Å². The molecule has 1 aliphatic rings. The van der Waals surface area contributed by atoms with Gasteiger partial charge in [-0.15, -0.1) is 0 Å². The average molecular weight is 497 g/mol. The van der Waals surface area contributed by atoms with E-state index < -0.39 is 33.7 Å². The van der Waals surface area contributed by atoms with Gasteiger partial charge < -0.3 is 9.88 Å². The predicted octanol–water partition coefficient (Wildman–Crippen LogP) is 3.45. The highest BCUT2D eigenvalue weighted by Gasteiger charge is 2.41. The van der Waals surface area contributed by atoms with Crippen LogP contribution < -0.4 is 5.32 Å². The summed E-state index contributed by atoms with van der Waals surface area (Å²) in [7, 11) is -2.20. The molecule has 1 aromatic heterocycles. The third-order valence-electron chi connectivity index (χ3n) is 5.31. The average Bonchev–Trinajstić information content (AvgIpc) is 3.35. The summed E-state index contributed by atoms with van der Waals surface area (Å²) in [6.45, 7) is 0.132. The second-order valence-electron chi connectivity index (χ2n) is 7.60. The highest BCUT2D eigenvalue weighted by atomic mass is 35.5. The molecule has 3 aromatic rings. The van der Waals surface area contributed by atoms with E-state index in [1.54, 1.807) is 23.7 Å². The lowest BCUT2D eigenvalue weighted by atomic mass is 9.94. The van der Waals surface area contributed by atoms with E-state index in [1.807, 2.05) is 0 Å². The summed E-state index contributed by atoms with van der Waals surface area (Å²) in [5.74, 6) is -1.24. The van der Waals surface area contributed by atoms with E-state index in [9.17, 15) is 17.6 Å². The van der Waals surface area contributed by atoms with Gasteiger partial charge in [0.15, 0.2) is 5.03 Å². The van der Waals surface area contributed by atoms with Crippen molar-refractivity contribution in [3.63, 3.8) is 0 Å². The minimum Gasteiger partial charge on any atom is -0.347 e. The molecule has 0 bridgehead atoms. The van der Waals surface area contributed by atoms with Gasteiger partial charge >= 0.3 is 0 Å². The van der Waals surface area contributed by atoms with Crippen molar-refractivity contribution >= 4 is 39.1 Å². The van der Waals surface area contributed by atoms with Crippen molar-refractivity contribution in [2.75, 3.05) is 13.1 Å². The monoisotopic (exact) mass is 496 g/mol. The van der Waals surface area contributed by atoms with Crippen molar-refractivity contribution in [1.82, 2.24) is 19.2 Å². The Balaban J connectivity index is 1.64. The topological polar surface area (TPSA) is 84.3 Å². The summed E-state index contributed by atoms with van der Waals surface area (Å²) in [5.41, 5.74) is 0.964. The Morgan fingerprint density at radius 2 is 1.78 bits per heavy atom. The second kappa shape index (κ2) is 8.82. The molecule has 2 heterocycles. The highest BCUT2D eigenvalue weighted by Crippen LogP contribution is 2.32. The number of halogens is 3. The van der Waals surface area contributed by atoms with Gasteiger partial charge in [-0.25, -0.2) is 17.8 Å². The smallest absolute Gasteiger partial charge is 0.262 e. The number of amides is 1. The van der Waals surface area contributed by atoms with Crippen molar-refractivity contribution in [3.8, 4) is 0 Å². The van der Waals surface area contributed by atoms with Crippen molar-refractivity contribution in [2.24, 2.45) is 7.05 Å². The third-order valence-corrected chi connectivity index (χ3v) is 7.46. The standard InChI is InChI=1S/C21H19Cl2FN4O3S/c1-27-11-20(25-12-27)32(30,31)28-9-18(13-2-4-17(24)5-3-13)19(10-28)26-21(29)14-6-15(22)8-16(23)7-14/h2-8,11-12,18-19H,9-10H2,1H3,(H,26,29)/t18-,19+/m0/s1. The first-order valence-corrected chi connectivity index (χ1v) is 11.8. The van der Waals surface area contributed by atoms with E-state index in [0.29, 0.717) is 15.6 Å². The van der Waals surface area contributed by atoms with Crippen LogP contribution in [0.15, 0.2) is 60.0 Å². The number of aryl methyl sites for hydroxylation is 1. The first kappa shape index (κ1) is 22.7. The zero-order valence-corrected chi connectivity index (χ0v) is 19.2. The number of sulfonamides is 1. The van der Waals surface area contributed by atoms with Crippen molar-refractivity contribution < 1.29 is 17.6 Å². The van der Waals surface area contributed by atoms with E-state index >= 15 is 0 Å². The minimum atomic E-state index is -3.88. The Kier molecular flexibility index (Phi) is 6.26. The molecule has 1 saturated heterocycles. The first-order chi connectivity index (χ1) is 15.1. The van der Waals surface area contributed by atoms with Gasteiger partial charge in [-0.2, -0.15) is 4.31 Å². The van der Waals surface area contributed by atoms with Crippen LogP contribution in [-0.2, 0) is 17.1 Å². The van der Waals surface area contributed by atoms with Crippen LogP contribution in [0.1, 0.15) is 21.8 Å². The predicted molar refractivity (Wildman–Crippen MR) is 119 cm³/mol.